The van der Waals surface area contributed by atoms with Gasteiger partial charge in [-0.15, -0.1) is 24.0 Å². The maximum Gasteiger partial charge on any atom is 0.191 e. The van der Waals surface area contributed by atoms with E-state index in [0.717, 1.165) is 38.1 Å². The molecule has 5 nitrogen and oxygen atoms in total. The fraction of sp³-hybridized carbons (Fsp3) is 0.650. The van der Waals surface area contributed by atoms with Gasteiger partial charge in [-0.3, -0.25) is 9.89 Å². The summed E-state index contributed by atoms with van der Waals surface area (Å²) in [6.07, 6.45) is 2.71. The van der Waals surface area contributed by atoms with E-state index < -0.39 is 0 Å². The summed E-state index contributed by atoms with van der Waals surface area (Å²) in [6.45, 7) is 10.9. The molecule has 1 aliphatic heterocycles. The third kappa shape index (κ3) is 8.68. The van der Waals surface area contributed by atoms with Crippen LogP contribution in [0.2, 0.25) is 0 Å². The lowest BCUT2D eigenvalue weighted by Crippen LogP contribution is -2.38. The molecule has 0 radical (unpaired) electrons. The van der Waals surface area contributed by atoms with Crippen LogP contribution in [0.25, 0.3) is 0 Å². The Balaban J connectivity index is 0.00000338. The van der Waals surface area contributed by atoms with E-state index in [-0.39, 0.29) is 24.0 Å². The second-order valence-electron chi connectivity index (χ2n) is 6.85. The Morgan fingerprint density at radius 1 is 1.23 bits per heavy atom. The zero-order chi connectivity index (χ0) is 17.9. The Kier molecular flexibility index (Phi) is 11.9. The van der Waals surface area contributed by atoms with E-state index in [4.69, 9.17) is 4.74 Å². The van der Waals surface area contributed by atoms with Gasteiger partial charge in [-0.2, -0.15) is 0 Å². The summed E-state index contributed by atoms with van der Waals surface area (Å²) in [6, 6.07) is 8.93. The second kappa shape index (κ2) is 13.3. The Bertz CT molecular complexity index is 521. The van der Waals surface area contributed by atoms with Crippen LogP contribution in [0.4, 0.5) is 0 Å². The Hall–Kier alpha value is -0.860. The van der Waals surface area contributed by atoms with Gasteiger partial charge >= 0.3 is 0 Å². The largest absolute Gasteiger partial charge is 0.380 e. The Morgan fingerprint density at radius 2 is 1.96 bits per heavy atom. The number of piperidine rings is 1. The van der Waals surface area contributed by atoms with Crippen LogP contribution in [0.3, 0.4) is 0 Å². The minimum atomic E-state index is 0. The number of benzene rings is 1. The highest BCUT2D eigenvalue weighted by atomic mass is 127. The molecule has 2 N–H and O–H groups in total. The summed E-state index contributed by atoms with van der Waals surface area (Å²) < 4.78 is 5.32. The summed E-state index contributed by atoms with van der Waals surface area (Å²) in [7, 11) is 1.79. The normalized spacial score (nSPS) is 18.3. The number of hydrogen-bond acceptors (Lipinski definition) is 3. The number of halogens is 1. The molecule has 2 rings (SSSR count). The van der Waals surface area contributed by atoms with Gasteiger partial charge in [0.25, 0.3) is 0 Å². The minimum Gasteiger partial charge on any atom is -0.380 e. The van der Waals surface area contributed by atoms with Crippen molar-refractivity contribution in [2.45, 2.75) is 39.8 Å². The lowest BCUT2D eigenvalue weighted by molar-refractivity contribution is 0.152. The molecule has 1 atom stereocenters. The van der Waals surface area contributed by atoms with Gasteiger partial charge in [0, 0.05) is 39.8 Å². The summed E-state index contributed by atoms with van der Waals surface area (Å²) >= 11 is 0. The van der Waals surface area contributed by atoms with E-state index in [1.807, 2.05) is 6.92 Å². The molecule has 1 aromatic rings. The number of hydrogen-bond donors (Lipinski definition) is 2. The van der Waals surface area contributed by atoms with Crippen molar-refractivity contribution in [1.82, 2.24) is 15.5 Å². The highest BCUT2D eigenvalue weighted by molar-refractivity contribution is 14.0. The summed E-state index contributed by atoms with van der Waals surface area (Å²) in [5, 5.41) is 6.59. The fourth-order valence-corrected chi connectivity index (χ4v) is 3.24. The van der Waals surface area contributed by atoms with Crippen molar-refractivity contribution in [3.05, 3.63) is 35.4 Å². The fourth-order valence-electron chi connectivity index (χ4n) is 3.24. The average molecular weight is 474 g/mol. The molecular weight excluding hydrogens is 439 g/mol. The molecule has 1 aliphatic rings. The summed E-state index contributed by atoms with van der Waals surface area (Å²) in [5.41, 5.74) is 2.67. The molecule has 1 aromatic carbocycles. The standard InChI is InChI=1S/C20H34N4O.HI/c1-4-25-13-11-22-20(21-3)23-14-18-7-9-19(10-8-18)16-24-12-5-6-17(2)15-24;/h7-10,17H,4-6,11-16H2,1-3H3,(H2,21,22,23);1H. The zero-order valence-corrected chi connectivity index (χ0v) is 18.8. The van der Waals surface area contributed by atoms with Crippen LogP contribution in [-0.4, -0.2) is 50.8 Å². The summed E-state index contributed by atoms with van der Waals surface area (Å²) in [5.74, 6) is 1.64. The van der Waals surface area contributed by atoms with Crippen molar-refractivity contribution in [3.8, 4) is 0 Å². The lowest BCUT2D eigenvalue weighted by atomic mass is 9.99. The van der Waals surface area contributed by atoms with Gasteiger partial charge in [-0.25, -0.2) is 0 Å². The average Bonchev–Trinajstić information content (AvgIpc) is 2.62. The molecular formula is C20H35IN4O. The molecule has 0 aliphatic carbocycles. The number of rotatable bonds is 8. The molecule has 1 fully saturated rings. The van der Waals surface area contributed by atoms with Crippen molar-refractivity contribution >= 4 is 29.9 Å². The molecule has 26 heavy (non-hydrogen) atoms. The first kappa shape index (κ1) is 23.2. The number of nitrogens with one attached hydrogen (secondary N) is 2. The van der Waals surface area contributed by atoms with Crippen LogP contribution in [0.15, 0.2) is 29.3 Å². The van der Waals surface area contributed by atoms with Crippen LogP contribution >= 0.6 is 24.0 Å². The highest BCUT2D eigenvalue weighted by Gasteiger charge is 2.16. The van der Waals surface area contributed by atoms with E-state index in [1.165, 1.54) is 37.1 Å². The SMILES string of the molecule is CCOCCNC(=NC)NCc1ccc(CN2CCCC(C)C2)cc1.I. The van der Waals surface area contributed by atoms with Gasteiger partial charge in [-0.1, -0.05) is 31.2 Å². The molecule has 6 heteroatoms. The second-order valence-corrected chi connectivity index (χ2v) is 6.85. The van der Waals surface area contributed by atoms with Crippen molar-refractivity contribution in [1.29, 1.82) is 0 Å². The number of ether oxygens (including phenoxy) is 1. The van der Waals surface area contributed by atoms with Crippen molar-refractivity contribution in [2.75, 3.05) is 39.9 Å². The number of guanidine groups is 1. The molecule has 1 heterocycles. The predicted molar refractivity (Wildman–Crippen MR) is 120 cm³/mol. The molecule has 0 aromatic heterocycles. The smallest absolute Gasteiger partial charge is 0.191 e. The van der Waals surface area contributed by atoms with Crippen molar-refractivity contribution < 1.29 is 4.74 Å². The first-order valence-electron chi connectivity index (χ1n) is 9.53. The topological polar surface area (TPSA) is 48.9 Å². The molecule has 0 amide bonds. The van der Waals surface area contributed by atoms with Gasteiger partial charge in [0.15, 0.2) is 5.96 Å². The molecule has 1 saturated heterocycles. The van der Waals surface area contributed by atoms with Gasteiger partial charge in [0.2, 0.25) is 0 Å². The Morgan fingerprint density at radius 3 is 2.62 bits per heavy atom. The molecule has 0 spiro atoms. The first-order valence-corrected chi connectivity index (χ1v) is 9.53. The van der Waals surface area contributed by atoms with Gasteiger partial charge in [0.1, 0.15) is 0 Å². The maximum absolute atomic E-state index is 5.32. The van der Waals surface area contributed by atoms with E-state index in [9.17, 15) is 0 Å². The van der Waals surface area contributed by atoms with Crippen LogP contribution in [-0.2, 0) is 17.8 Å². The monoisotopic (exact) mass is 474 g/mol. The van der Waals surface area contributed by atoms with Gasteiger partial charge < -0.3 is 15.4 Å². The molecule has 0 bridgehead atoms. The van der Waals surface area contributed by atoms with Crippen molar-refractivity contribution in [2.24, 2.45) is 10.9 Å². The predicted octanol–water partition coefficient (Wildman–Crippen LogP) is 3.24. The maximum atomic E-state index is 5.32. The molecule has 0 saturated carbocycles. The highest BCUT2D eigenvalue weighted by Crippen LogP contribution is 2.18. The summed E-state index contributed by atoms with van der Waals surface area (Å²) in [4.78, 5) is 6.81. The zero-order valence-electron chi connectivity index (χ0n) is 16.5. The van der Waals surface area contributed by atoms with Crippen molar-refractivity contribution in [3.63, 3.8) is 0 Å². The van der Waals surface area contributed by atoms with E-state index >= 15 is 0 Å². The molecule has 1 unspecified atom stereocenters. The van der Waals surface area contributed by atoms with Crippen LogP contribution in [0, 0.1) is 5.92 Å². The number of likely N-dealkylation sites (tertiary alicyclic amines) is 1. The third-order valence-corrected chi connectivity index (χ3v) is 4.60. The number of aliphatic imine (C=N–C) groups is 1. The van der Waals surface area contributed by atoms with Crippen LogP contribution in [0.5, 0.6) is 0 Å². The van der Waals surface area contributed by atoms with Gasteiger partial charge in [-0.05, 0) is 43.4 Å². The van der Waals surface area contributed by atoms with Crippen LogP contribution in [0.1, 0.15) is 37.8 Å². The van der Waals surface area contributed by atoms with Crippen LogP contribution < -0.4 is 10.6 Å². The molecule has 148 valence electrons. The quantitative estimate of drug-likeness (QED) is 0.263. The van der Waals surface area contributed by atoms with E-state index in [2.05, 4.69) is 51.7 Å². The Labute approximate surface area is 176 Å². The van der Waals surface area contributed by atoms with E-state index in [1.54, 1.807) is 7.05 Å². The van der Waals surface area contributed by atoms with Gasteiger partial charge in [0.05, 0.1) is 6.61 Å². The lowest BCUT2D eigenvalue weighted by Gasteiger charge is -2.30. The van der Waals surface area contributed by atoms with E-state index in [0.29, 0.717) is 6.61 Å². The first-order chi connectivity index (χ1) is 12.2. The number of nitrogens with zero attached hydrogens (tertiary/aromatic N) is 2. The third-order valence-electron chi connectivity index (χ3n) is 4.60. The minimum absolute atomic E-state index is 0.